The van der Waals surface area contributed by atoms with Crippen LogP contribution in [0, 0.1) is 11.8 Å². The van der Waals surface area contributed by atoms with Crippen molar-refractivity contribution in [1.29, 1.82) is 0 Å². The maximum atomic E-state index is 4.04. The van der Waals surface area contributed by atoms with Crippen molar-refractivity contribution in [1.82, 2.24) is 15.1 Å². The average molecular weight is 272 g/mol. The van der Waals surface area contributed by atoms with Crippen molar-refractivity contribution < 1.29 is 0 Å². The third kappa shape index (κ3) is 2.31. The number of hydrogen-bond acceptors (Lipinski definition) is 3. The van der Waals surface area contributed by atoms with Gasteiger partial charge in [-0.2, -0.15) is 0 Å². The molecule has 6 aliphatic rings. The van der Waals surface area contributed by atoms with Gasteiger partial charge in [0.1, 0.15) is 0 Å². The van der Waals surface area contributed by atoms with E-state index in [-0.39, 0.29) is 12.4 Å². The predicted molar refractivity (Wildman–Crippen MR) is 76.3 cm³/mol. The van der Waals surface area contributed by atoms with Crippen LogP contribution in [0.25, 0.3) is 0 Å². The molecule has 6 rings (SSSR count). The van der Waals surface area contributed by atoms with Crippen molar-refractivity contribution in [2.45, 2.75) is 37.8 Å². The van der Waals surface area contributed by atoms with Crippen LogP contribution in [0.1, 0.15) is 25.7 Å². The summed E-state index contributed by atoms with van der Waals surface area (Å²) in [5.74, 6) is 1.96. The number of piperidine rings is 6. The average Bonchev–Trinajstić information content (AvgIpc) is 2.41. The van der Waals surface area contributed by atoms with Gasteiger partial charge in [0.15, 0.2) is 0 Å². The molecule has 104 valence electrons. The van der Waals surface area contributed by atoms with Crippen molar-refractivity contribution in [3.8, 4) is 0 Å². The van der Waals surface area contributed by atoms with Crippen molar-refractivity contribution in [3.05, 3.63) is 0 Å². The van der Waals surface area contributed by atoms with Gasteiger partial charge in [0.2, 0.25) is 0 Å². The second-order valence-corrected chi connectivity index (χ2v) is 6.66. The molecule has 2 unspecified atom stereocenters. The minimum absolute atomic E-state index is 0. The summed E-state index contributed by atoms with van der Waals surface area (Å²) in [7, 11) is 0. The number of nitrogens with zero attached hydrogens (tertiary/aromatic N) is 2. The van der Waals surface area contributed by atoms with Gasteiger partial charge in [-0.15, -0.1) is 12.4 Å². The Bertz CT molecular complexity index is 255. The molecule has 6 fully saturated rings. The fourth-order valence-electron chi connectivity index (χ4n) is 4.58. The summed E-state index contributed by atoms with van der Waals surface area (Å²) in [6.07, 6.45) is 5.77. The normalized spacial score (nSPS) is 50.0. The molecule has 0 amide bonds. The summed E-state index contributed by atoms with van der Waals surface area (Å²) in [4.78, 5) is 5.33. The lowest BCUT2D eigenvalue weighted by atomic mass is 9.80. The second-order valence-electron chi connectivity index (χ2n) is 6.66. The molecular weight excluding hydrogens is 246 g/mol. The number of nitrogens with one attached hydrogen (secondary N) is 1. The van der Waals surface area contributed by atoms with E-state index in [1.165, 1.54) is 65.0 Å². The van der Waals surface area contributed by atoms with Crippen LogP contribution in [0.5, 0.6) is 0 Å². The molecule has 18 heavy (non-hydrogen) atoms. The van der Waals surface area contributed by atoms with Gasteiger partial charge in [0, 0.05) is 25.2 Å². The molecule has 0 saturated carbocycles. The lowest BCUT2D eigenvalue weighted by molar-refractivity contribution is 0.0264. The Hall–Kier alpha value is 0.170. The largest absolute Gasteiger partial charge is 0.308 e. The van der Waals surface area contributed by atoms with E-state index >= 15 is 0 Å². The Kier molecular flexibility index (Phi) is 3.86. The first-order chi connectivity index (χ1) is 8.38. The van der Waals surface area contributed by atoms with Gasteiger partial charge in [-0.25, -0.2) is 0 Å². The van der Waals surface area contributed by atoms with Gasteiger partial charge in [0.25, 0.3) is 0 Å². The van der Waals surface area contributed by atoms with Crippen LogP contribution in [-0.2, 0) is 0 Å². The Morgan fingerprint density at radius 2 is 1.06 bits per heavy atom. The van der Waals surface area contributed by atoms with Crippen LogP contribution in [0.4, 0.5) is 0 Å². The molecule has 6 aliphatic heterocycles. The fraction of sp³-hybridized carbons (Fsp3) is 1.00. The van der Waals surface area contributed by atoms with Gasteiger partial charge in [-0.05, 0) is 63.7 Å². The highest BCUT2D eigenvalue weighted by molar-refractivity contribution is 5.85. The number of rotatable bonds is 2. The van der Waals surface area contributed by atoms with Gasteiger partial charge in [-0.1, -0.05) is 0 Å². The molecule has 6 saturated heterocycles. The molecule has 4 bridgehead atoms. The minimum Gasteiger partial charge on any atom is -0.308 e. The molecule has 6 heterocycles. The van der Waals surface area contributed by atoms with Gasteiger partial charge in [-0.3, -0.25) is 0 Å². The first-order valence-electron chi connectivity index (χ1n) is 7.59. The lowest BCUT2D eigenvalue weighted by Crippen LogP contribution is -2.63. The molecule has 3 nitrogen and oxygen atoms in total. The first kappa shape index (κ1) is 13.2. The van der Waals surface area contributed by atoms with E-state index in [9.17, 15) is 0 Å². The Morgan fingerprint density at radius 3 is 1.33 bits per heavy atom. The number of hydrogen-bond donors (Lipinski definition) is 1. The van der Waals surface area contributed by atoms with E-state index in [0.717, 1.165) is 23.9 Å². The van der Waals surface area contributed by atoms with Crippen LogP contribution < -0.4 is 5.32 Å². The zero-order valence-electron chi connectivity index (χ0n) is 11.2. The van der Waals surface area contributed by atoms with Crippen LogP contribution in [0.15, 0.2) is 0 Å². The summed E-state index contributed by atoms with van der Waals surface area (Å²) < 4.78 is 0. The number of fused-ring (bicyclic) bond motifs is 6. The highest BCUT2D eigenvalue weighted by Gasteiger charge is 2.39. The van der Waals surface area contributed by atoms with Gasteiger partial charge >= 0.3 is 0 Å². The van der Waals surface area contributed by atoms with E-state index in [0.29, 0.717) is 0 Å². The van der Waals surface area contributed by atoms with Crippen molar-refractivity contribution in [3.63, 3.8) is 0 Å². The summed E-state index contributed by atoms with van der Waals surface area (Å²) >= 11 is 0. The molecular formula is C14H26ClN3. The van der Waals surface area contributed by atoms with E-state index < -0.39 is 0 Å². The Morgan fingerprint density at radius 1 is 0.667 bits per heavy atom. The quantitative estimate of drug-likeness (QED) is 0.814. The third-order valence-corrected chi connectivity index (χ3v) is 5.74. The molecule has 0 aromatic heterocycles. The van der Waals surface area contributed by atoms with E-state index in [1.54, 1.807) is 0 Å². The van der Waals surface area contributed by atoms with Gasteiger partial charge in [0.05, 0.1) is 0 Å². The standard InChI is InChI=1S/C14H25N3.ClH/c1-5-16-6-2-11(1)13(9-16)15-14-10-17-7-3-12(14)4-8-17;/h11-15H,1-10H2;1H. The molecule has 0 spiro atoms. The highest BCUT2D eigenvalue weighted by atomic mass is 35.5. The summed E-state index contributed by atoms with van der Waals surface area (Å²) in [6.45, 7) is 8.11. The van der Waals surface area contributed by atoms with Crippen molar-refractivity contribution in [2.24, 2.45) is 11.8 Å². The zero-order chi connectivity index (χ0) is 11.2. The summed E-state index contributed by atoms with van der Waals surface area (Å²) in [5, 5.41) is 4.04. The maximum absolute atomic E-state index is 4.04. The zero-order valence-corrected chi connectivity index (χ0v) is 12.0. The molecule has 0 aliphatic carbocycles. The van der Waals surface area contributed by atoms with E-state index in [2.05, 4.69) is 15.1 Å². The SMILES string of the molecule is C1CN2CCC1C(NC1CN3CCC1CC3)C2.Cl. The maximum Gasteiger partial charge on any atom is 0.0227 e. The first-order valence-corrected chi connectivity index (χ1v) is 7.59. The minimum atomic E-state index is 0. The Balaban J connectivity index is 0.000001000. The van der Waals surface area contributed by atoms with Crippen LogP contribution >= 0.6 is 12.4 Å². The molecule has 0 aromatic carbocycles. The monoisotopic (exact) mass is 271 g/mol. The predicted octanol–water partition coefficient (Wildman–Crippen LogP) is 1.19. The molecule has 0 radical (unpaired) electrons. The third-order valence-electron chi connectivity index (χ3n) is 5.74. The molecule has 0 aromatic rings. The lowest BCUT2D eigenvalue weighted by Gasteiger charge is -2.50. The van der Waals surface area contributed by atoms with Gasteiger partial charge < -0.3 is 15.1 Å². The highest BCUT2D eigenvalue weighted by Crippen LogP contribution is 2.31. The summed E-state index contributed by atoms with van der Waals surface area (Å²) in [5.41, 5.74) is 0. The molecule has 1 N–H and O–H groups in total. The Labute approximate surface area is 117 Å². The topological polar surface area (TPSA) is 18.5 Å². The van der Waals surface area contributed by atoms with E-state index in [4.69, 9.17) is 0 Å². The number of halogens is 1. The van der Waals surface area contributed by atoms with Crippen LogP contribution in [0.3, 0.4) is 0 Å². The van der Waals surface area contributed by atoms with Crippen molar-refractivity contribution >= 4 is 12.4 Å². The van der Waals surface area contributed by atoms with Crippen LogP contribution in [-0.4, -0.2) is 61.2 Å². The van der Waals surface area contributed by atoms with E-state index in [1.807, 2.05) is 0 Å². The summed E-state index contributed by atoms with van der Waals surface area (Å²) in [6, 6.07) is 1.62. The van der Waals surface area contributed by atoms with Crippen molar-refractivity contribution in [2.75, 3.05) is 39.3 Å². The molecule has 2 atom stereocenters. The second kappa shape index (κ2) is 5.28. The smallest absolute Gasteiger partial charge is 0.0227 e. The van der Waals surface area contributed by atoms with Crippen LogP contribution in [0.2, 0.25) is 0 Å². The fourth-order valence-corrected chi connectivity index (χ4v) is 4.58. The molecule has 4 heteroatoms.